The van der Waals surface area contributed by atoms with E-state index >= 15 is 0 Å². The first kappa shape index (κ1) is 14.3. The van der Waals surface area contributed by atoms with Crippen molar-refractivity contribution in [3.05, 3.63) is 53.6 Å². The molecule has 0 aliphatic heterocycles. The van der Waals surface area contributed by atoms with Gasteiger partial charge in [0.2, 0.25) is 0 Å². The number of aromatic nitrogens is 2. The SMILES string of the molecule is CCCCNC(=O)c1ccc(Cn2ccnc2C)cc1. The maximum absolute atomic E-state index is 11.9. The van der Waals surface area contributed by atoms with Crippen LogP contribution in [-0.4, -0.2) is 22.0 Å². The fraction of sp³-hybridized carbons (Fsp3) is 0.375. The van der Waals surface area contributed by atoms with E-state index in [1.165, 1.54) is 0 Å². The number of hydrogen-bond acceptors (Lipinski definition) is 2. The molecule has 0 unspecified atom stereocenters. The monoisotopic (exact) mass is 271 g/mol. The molecular weight excluding hydrogens is 250 g/mol. The number of nitrogens with one attached hydrogen (secondary N) is 1. The highest BCUT2D eigenvalue weighted by Crippen LogP contribution is 2.08. The van der Waals surface area contributed by atoms with Crippen LogP contribution in [0.5, 0.6) is 0 Å². The first-order chi connectivity index (χ1) is 9.70. The highest BCUT2D eigenvalue weighted by molar-refractivity contribution is 5.94. The molecule has 1 heterocycles. The van der Waals surface area contributed by atoms with Crippen LogP contribution in [0.4, 0.5) is 0 Å². The van der Waals surface area contributed by atoms with Gasteiger partial charge in [-0.2, -0.15) is 0 Å². The van der Waals surface area contributed by atoms with E-state index in [-0.39, 0.29) is 5.91 Å². The number of hydrogen-bond donors (Lipinski definition) is 1. The van der Waals surface area contributed by atoms with Crippen molar-refractivity contribution in [2.24, 2.45) is 0 Å². The van der Waals surface area contributed by atoms with E-state index in [0.29, 0.717) is 5.56 Å². The molecule has 1 N–H and O–H groups in total. The summed E-state index contributed by atoms with van der Waals surface area (Å²) in [6, 6.07) is 7.74. The van der Waals surface area contributed by atoms with Crippen molar-refractivity contribution in [2.45, 2.75) is 33.2 Å². The first-order valence-corrected chi connectivity index (χ1v) is 7.05. The lowest BCUT2D eigenvalue weighted by molar-refractivity contribution is 0.0953. The van der Waals surface area contributed by atoms with Crippen molar-refractivity contribution < 1.29 is 4.79 Å². The molecule has 4 heteroatoms. The molecule has 0 saturated heterocycles. The largest absolute Gasteiger partial charge is 0.352 e. The Kier molecular flexibility index (Phi) is 4.93. The maximum atomic E-state index is 11.9. The van der Waals surface area contributed by atoms with Gasteiger partial charge < -0.3 is 9.88 Å². The van der Waals surface area contributed by atoms with E-state index in [4.69, 9.17) is 0 Å². The molecule has 0 aliphatic carbocycles. The van der Waals surface area contributed by atoms with Crippen molar-refractivity contribution in [3.8, 4) is 0 Å². The molecular formula is C16H21N3O. The van der Waals surface area contributed by atoms with Crippen LogP contribution in [0.1, 0.15) is 41.5 Å². The van der Waals surface area contributed by atoms with E-state index in [1.54, 1.807) is 6.20 Å². The van der Waals surface area contributed by atoms with Gasteiger partial charge in [0.05, 0.1) is 0 Å². The molecule has 1 aromatic carbocycles. The van der Waals surface area contributed by atoms with E-state index in [0.717, 1.165) is 37.3 Å². The Morgan fingerprint density at radius 2 is 2.05 bits per heavy atom. The molecule has 0 aliphatic rings. The average molecular weight is 271 g/mol. The van der Waals surface area contributed by atoms with Gasteiger partial charge in [-0.3, -0.25) is 4.79 Å². The molecule has 0 saturated carbocycles. The van der Waals surface area contributed by atoms with E-state index in [2.05, 4.69) is 21.8 Å². The number of aryl methyl sites for hydroxylation is 1. The summed E-state index contributed by atoms with van der Waals surface area (Å²) in [6.45, 7) is 5.61. The number of carbonyl (C=O) groups is 1. The van der Waals surface area contributed by atoms with Crippen LogP contribution in [0, 0.1) is 6.92 Å². The number of amides is 1. The third-order valence-corrected chi connectivity index (χ3v) is 3.31. The molecule has 1 aromatic heterocycles. The Morgan fingerprint density at radius 3 is 2.65 bits per heavy atom. The summed E-state index contributed by atoms with van der Waals surface area (Å²) in [5.41, 5.74) is 1.88. The molecule has 106 valence electrons. The molecule has 1 amide bonds. The van der Waals surface area contributed by atoms with Crippen LogP contribution in [0.2, 0.25) is 0 Å². The van der Waals surface area contributed by atoms with Gasteiger partial charge in [-0.05, 0) is 31.0 Å². The number of carbonyl (C=O) groups excluding carboxylic acids is 1. The van der Waals surface area contributed by atoms with Gasteiger partial charge in [-0.25, -0.2) is 4.98 Å². The van der Waals surface area contributed by atoms with Gasteiger partial charge in [0.25, 0.3) is 5.91 Å². The van der Waals surface area contributed by atoms with Crippen molar-refractivity contribution in [1.29, 1.82) is 0 Å². The Balaban J connectivity index is 1.96. The smallest absolute Gasteiger partial charge is 0.251 e. The zero-order chi connectivity index (χ0) is 14.4. The lowest BCUT2D eigenvalue weighted by atomic mass is 10.1. The molecule has 20 heavy (non-hydrogen) atoms. The fourth-order valence-corrected chi connectivity index (χ4v) is 2.01. The third kappa shape index (κ3) is 3.70. The second-order valence-electron chi connectivity index (χ2n) is 4.91. The predicted octanol–water partition coefficient (Wildman–Crippen LogP) is 2.77. The zero-order valence-corrected chi connectivity index (χ0v) is 12.1. The van der Waals surface area contributed by atoms with E-state index in [1.807, 2.05) is 37.4 Å². The number of nitrogens with zero attached hydrogens (tertiary/aromatic N) is 2. The summed E-state index contributed by atoms with van der Waals surface area (Å²) in [4.78, 5) is 16.1. The van der Waals surface area contributed by atoms with Gasteiger partial charge in [0.15, 0.2) is 0 Å². The van der Waals surface area contributed by atoms with E-state index < -0.39 is 0 Å². The van der Waals surface area contributed by atoms with Gasteiger partial charge in [-0.15, -0.1) is 0 Å². The summed E-state index contributed by atoms with van der Waals surface area (Å²) < 4.78 is 2.08. The van der Waals surface area contributed by atoms with Gasteiger partial charge >= 0.3 is 0 Å². The van der Waals surface area contributed by atoms with Gasteiger partial charge in [0, 0.05) is 31.0 Å². The van der Waals surface area contributed by atoms with Crippen LogP contribution in [-0.2, 0) is 6.54 Å². The Labute approximate surface area is 119 Å². The first-order valence-electron chi connectivity index (χ1n) is 7.05. The van der Waals surface area contributed by atoms with Crippen molar-refractivity contribution in [2.75, 3.05) is 6.54 Å². The fourth-order valence-electron chi connectivity index (χ4n) is 2.01. The zero-order valence-electron chi connectivity index (χ0n) is 12.1. The number of imidazole rings is 1. The lowest BCUT2D eigenvalue weighted by Crippen LogP contribution is -2.24. The third-order valence-electron chi connectivity index (χ3n) is 3.31. The number of unbranched alkanes of at least 4 members (excludes halogenated alkanes) is 1. The number of rotatable bonds is 6. The van der Waals surface area contributed by atoms with Crippen molar-refractivity contribution in [3.63, 3.8) is 0 Å². The second-order valence-corrected chi connectivity index (χ2v) is 4.91. The normalized spacial score (nSPS) is 10.5. The highest BCUT2D eigenvalue weighted by Gasteiger charge is 2.05. The molecule has 2 rings (SSSR count). The lowest BCUT2D eigenvalue weighted by Gasteiger charge is -2.07. The van der Waals surface area contributed by atoms with Crippen molar-refractivity contribution >= 4 is 5.91 Å². The summed E-state index contributed by atoms with van der Waals surface area (Å²) in [7, 11) is 0. The minimum absolute atomic E-state index is 0.00353. The van der Waals surface area contributed by atoms with Crippen molar-refractivity contribution in [1.82, 2.24) is 14.9 Å². The Hall–Kier alpha value is -2.10. The minimum Gasteiger partial charge on any atom is -0.352 e. The summed E-state index contributed by atoms with van der Waals surface area (Å²) in [6.07, 6.45) is 5.86. The molecule has 0 atom stereocenters. The van der Waals surface area contributed by atoms with Crippen LogP contribution >= 0.6 is 0 Å². The summed E-state index contributed by atoms with van der Waals surface area (Å²) in [5, 5.41) is 2.92. The average Bonchev–Trinajstić information content (AvgIpc) is 2.85. The van der Waals surface area contributed by atoms with Crippen LogP contribution in [0.15, 0.2) is 36.7 Å². The molecule has 0 bridgehead atoms. The summed E-state index contributed by atoms with van der Waals surface area (Å²) >= 11 is 0. The maximum Gasteiger partial charge on any atom is 0.251 e. The van der Waals surface area contributed by atoms with Gasteiger partial charge in [-0.1, -0.05) is 25.5 Å². The molecule has 4 nitrogen and oxygen atoms in total. The molecule has 2 aromatic rings. The quantitative estimate of drug-likeness (QED) is 0.821. The van der Waals surface area contributed by atoms with Crippen LogP contribution in [0.3, 0.4) is 0 Å². The topological polar surface area (TPSA) is 46.9 Å². The molecule has 0 spiro atoms. The molecule has 0 fully saturated rings. The van der Waals surface area contributed by atoms with E-state index in [9.17, 15) is 4.79 Å². The minimum atomic E-state index is 0.00353. The predicted molar refractivity (Wildman–Crippen MR) is 79.7 cm³/mol. The van der Waals surface area contributed by atoms with Gasteiger partial charge in [0.1, 0.15) is 5.82 Å². The number of benzene rings is 1. The highest BCUT2D eigenvalue weighted by atomic mass is 16.1. The Bertz CT molecular complexity index is 557. The molecule has 0 radical (unpaired) electrons. The summed E-state index contributed by atoms with van der Waals surface area (Å²) in [5.74, 6) is 0.996. The Morgan fingerprint density at radius 1 is 1.30 bits per heavy atom. The van der Waals surface area contributed by atoms with Crippen LogP contribution < -0.4 is 5.32 Å². The second kappa shape index (κ2) is 6.89. The standard InChI is InChI=1S/C16H21N3O/c1-3-4-9-18-16(20)15-7-5-14(6-8-15)12-19-11-10-17-13(19)2/h5-8,10-11H,3-4,9,12H2,1-2H3,(H,18,20). The van der Waals surface area contributed by atoms with Crippen LogP contribution in [0.25, 0.3) is 0 Å².